The lowest BCUT2D eigenvalue weighted by atomic mass is 10.3. The van der Waals surface area contributed by atoms with Crippen LogP contribution in [0, 0.1) is 5.82 Å². The molecule has 0 heterocycles. The van der Waals surface area contributed by atoms with Gasteiger partial charge in [0.05, 0.1) is 5.69 Å². The normalized spacial score (nSPS) is 10.3. The third kappa shape index (κ3) is 4.44. The van der Waals surface area contributed by atoms with Crippen LogP contribution in [0.2, 0.25) is 10.0 Å². The Kier molecular flexibility index (Phi) is 5.27. The highest BCUT2D eigenvalue weighted by molar-refractivity contribution is 9.10. The SMILES string of the molecule is Oc1c(F)cc(Br)cc1NC(=S)Nc1cc(Cl)cc(Cl)c1. The largest absolute Gasteiger partial charge is 0.503 e. The van der Waals surface area contributed by atoms with E-state index in [-0.39, 0.29) is 10.8 Å². The topological polar surface area (TPSA) is 44.3 Å². The number of anilines is 2. The summed E-state index contributed by atoms with van der Waals surface area (Å²) in [6, 6.07) is 7.48. The molecule has 0 atom stereocenters. The van der Waals surface area contributed by atoms with Crippen molar-refractivity contribution in [2.24, 2.45) is 0 Å². The smallest absolute Gasteiger partial charge is 0.175 e. The van der Waals surface area contributed by atoms with Crippen molar-refractivity contribution in [3.05, 3.63) is 50.7 Å². The monoisotopic (exact) mass is 408 g/mol. The van der Waals surface area contributed by atoms with Gasteiger partial charge >= 0.3 is 0 Å². The molecular formula is C13H8BrCl2FN2OS. The van der Waals surface area contributed by atoms with Crippen LogP contribution in [-0.2, 0) is 0 Å². The first-order valence-corrected chi connectivity index (χ1v) is 7.53. The molecule has 0 bridgehead atoms. The van der Waals surface area contributed by atoms with Crippen LogP contribution >= 0.6 is 51.3 Å². The van der Waals surface area contributed by atoms with Crippen molar-refractivity contribution < 1.29 is 9.50 Å². The minimum atomic E-state index is -0.763. The van der Waals surface area contributed by atoms with Gasteiger partial charge in [0.15, 0.2) is 16.7 Å². The van der Waals surface area contributed by atoms with Crippen molar-refractivity contribution in [1.82, 2.24) is 0 Å². The van der Waals surface area contributed by atoms with Gasteiger partial charge in [-0.1, -0.05) is 39.1 Å². The van der Waals surface area contributed by atoms with Gasteiger partial charge in [0.2, 0.25) is 0 Å². The Bertz CT molecular complexity index is 695. The molecule has 0 aromatic heterocycles. The highest BCUT2D eigenvalue weighted by Gasteiger charge is 2.10. The van der Waals surface area contributed by atoms with E-state index in [1.54, 1.807) is 18.2 Å². The van der Waals surface area contributed by atoms with E-state index in [9.17, 15) is 9.50 Å². The summed E-state index contributed by atoms with van der Waals surface area (Å²) in [5.41, 5.74) is 0.701. The van der Waals surface area contributed by atoms with Crippen molar-refractivity contribution in [3.8, 4) is 5.75 Å². The Labute approximate surface area is 144 Å². The number of rotatable bonds is 2. The molecule has 0 aliphatic carbocycles. The second-order valence-electron chi connectivity index (χ2n) is 4.02. The molecule has 110 valence electrons. The second kappa shape index (κ2) is 6.79. The molecule has 8 heteroatoms. The fourth-order valence-corrected chi connectivity index (χ4v) is 2.76. The maximum absolute atomic E-state index is 13.4. The molecule has 2 aromatic carbocycles. The highest BCUT2D eigenvalue weighted by Crippen LogP contribution is 2.30. The number of nitrogens with one attached hydrogen (secondary N) is 2. The Balaban J connectivity index is 2.15. The van der Waals surface area contributed by atoms with Gasteiger partial charge in [-0.15, -0.1) is 0 Å². The molecule has 0 saturated carbocycles. The van der Waals surface area contributed by atoms with E-state index in [0.717, 1.165) is 6.07 Å². The summed E-state index contributed by atoms with van der Waals surface area (Å²) in [7, 11) is 0. The summed E-state index contributed by atoms with van der Waals surface area (Å²) < 4.78 is 13.9. The van der Waals surface area contributed by atoms with Gasteiger partial charge in [0.25, 0.3) is 0 Å². The number of phenolic OH excluding ortho intramolecular Hbond substituents is 1. The molecule has 0 unspecified atom stereocenters. The van der Waals surface area contributed by atoms with Gasteiger partial charge in [-0.2, -0.15) is 0 Å². The number of hydrogen-bond acceptors (Lipinski definition) is 2. The number of aromatic hydroxyl groups is 1. The molecule has 0 radical (unpaired) electrons. The molecule has 0 saturated heterocycles. The Morgan fingerprint density at radius 3 is 2.33 bits per heavy atom. The molecule has 2 rings (SSSR count). The minimum absolute atomic E-state index is 0.132. The van der Waals surface area contributed by atoms with E-state index in [2.05, 4.69) is 26.6 Å². The zero-order valence-corrected chi connectivity index (χ0v) is 14.2. The maximum atomic E-state index is 13.4. The Morgan fingerprint density at radius 2 is 1.71 bits per heavy atom. The quantitative estimate of drug-likeness (QED) is 0.458. The molecule has 3 N–H and O–H groups in total. The summed E-state index contributed by atoms with van der Waals surface area (Å²) in [5, 5.41) is 16.2. The molecule has 0 aliphatic rings. The van der Waals surface area contributed by atoms with E-state index in [1.165, 1.54) is 6.07 Å². The van der Waals surface area contributed by atoms with Crippen LogP contribution in [0.3, 0.4) is 0 Å². The molecule has 0 spiro atoms. The highest BCUT2D eigenvalue weighted by atomic mass is 79.9. The van der Waals surface area contributed by atoms with Crippen LogP contribution in [0.25, 0.3) is 0 Å². The molecule has 21 heavy (non-hydrogen) atoms. The fourth-order valence-electron chi connectivity index (χ4n) is 1.57. The van der Waals surface area contributed by atoms with Gasteiger partial charge in [-0.25, -0.2) is 4.39 Å². The van der Waals surface area contributed by atoms with Crippen LogP contribution in [0.1, 0.15) is 0 Å². The van der Waals surface area contributed by atoms with Gasteiger partial charge in [-0.3, -0.25) is 0 Å². The summed E-state index contributed by atoms with van der Waals surface area (Å²) in [6.07, 6.45) is 0. The third-order valence-electron chi connectivity index (χ3n) is 2.40. The van der Waals surface area contributed by atoms with Crippen molar-refractivity contribution in [1.29, 1.82) is 0 Å². The van der Waals surface area contributed by atoms with E-state index in [4.69, 9.17) is 35.4 Å². The maximum Gasteiger partial charge on any atom is 0.175 e. The van der Waals surface area contributed by atoms with Gasteiger partial charge in [-0.05, 0) is 42.5 Å². The first-order chi connectivity index (χ1) is 9.85. The minimum Gasteiger partial charge on any atom is -0.503 e. The second-order valence-corrected chi connectivity index (χ2v) is 6.22. The van der Waals surface area contributed by atoms with Gasteiger partial charge < -0.3 is 15.7 Å². The van der Waals surface area contributed by atoms with E-state index in [0.29, 0.717) is 20.2 Å². The zero-order chi connectivity index (χ0) is 15.6. The number of benzene rings is 2. The number of hydrogen-bond donors (Lipinski definition) is 3. The summed E-state index contributed by atoms with van der Waals surface area (Å²) in [5.74, 6) is -1.29. The van der Waals surface area contributed by atoms with Crippen LogP contribution in [0.15, 0.2) is 34.8 Å². The van der Waals surface area contributed by atoms with Crippen LogP contribution in [0.4, 0.5) is 15.8 Å². The zero-order valence-electron chi connectivity index (χ0n) is 10.3. The first kappa shape index (κ1) is 16.3. The molecule has 3 nitrogen and oxygen atoms in total. The van der Waals surface area contributed by atoms with Crippen LogP contribution < -0.4 is 10.6 Å². The molecule has 2 aromatic rings. The van der Waals surface area contributed by atoms with Gasteiger partial charge in [0, 0.05) is 20.2 Å². The van der Waals surface area contributed by atoms with Gasteiger partial charge in [0.1, 0.15) is 0 Å². The molecule has 0 aliphatic heterocycles. The average molecular weight is 410 g/mol. The van der Waals surface area contributed by atoms with E-state index in [1.807, 2.05) is 0 Å². The lowest BCUT2D eigenvalue weighted by Crippen LogP contribution is -2.19. The predicted octanol–water partition coefficient (Wildman–Crippen LogP) is 5.41. The molecular weight excluding hydrogens is 402 g/mol. The molecule has 0 amide bonds. The van der Waals surface area contributed by atoms with Crippen molar-refractivity contribution in [3.63, 3.8) is 0 Å². The number of thiocarbonyl (C=S) groups is 1. The first-order valence-electron chi connectivity index (χ1n) is 5.57. The van der Waals surface area contributed by atoms with E-state index >= 15 is 0 Å². The summed E-state index contributed by atoms with van der Waals surface area (Å²) >= 11 is 20.0. The summed E-state index contributed by atoms with van der Waals surface area (Å²) in [4.78, 5) is 0. The third-order valence-corrected chi connectivity index (χ3v) is 3.50. The van der Waals surface area contributed by atoms with Crippen LogP contribution in [-0.4, -0.2) is 10.2 Å². The summed E-state index contributed by atoms with van der Waals surface area (Å²) in [6.45, 7) is 0. The lowest BCUT2D eigenvalue weighted by molar-refractivity contribution is 0.435. The lowest BCUT2D eigenvalue weighted by Gasteiger charge is -2.13. The standard InChI is InChI=1S/C13H8BrCl2FN2OS/c14-6-1-10(17)12(20)11(2-6)19-13(21)18-9-4-7(15)3-8(16)5-9/h1-5,20H,(H2,18,19,21). The Morgan fingerprint density at radius 1 is 1.10 bits per heavy atom. The predicted molar refractivity (Wildman–Crippen MR) is 92.1 cm³/mol. The van der Waals surface area contributed by atoms with Crippen LogP contribution in [0.5, 0.6) is 5.75 Å². The van der Waals surface area contributed by atoms with Crippen molar-refractivity contribution in [2.45, 2.75) is 0 Å². The van der Waals surface area contributed by atoms with Crippen molar-refractivity contribution >= 4 is 67.8 Å². The fraction of sp³-hybridized carbons (Fsp3) is 0. The molecule has 0 fully saturated rings. The number of phenols is 1. The Hall–Kier alpha value is -1.08. The van der Waals surface area contributed by atoms with Crippen molar-refractivity contribution in [2.75, 3.05) is 10.6 Å². The number of halogens is 4. The average Bonchev–Trinajstić information content (AvgIpc) is 2.33. The van der Waals surface area contributed by atoms with E-state index < -0.39 is 11.6 Å².